The normalized spacial score (nSPS) is 23.5. The lowest BCUT2D eigenvalue weighted by Crippen LogP contribution is -2.15. The molecule has 4 heteroatoms. The summed E-state index contributed by atoms with van der Waals surface area (Å²) in [6.45, 7) is 0. The fourth-order valence-electron chi connectivity index (χ4n) is 0.925. The summed E-state index contributed by atoms with van der Waals surface area (Å²) in [7, 11) is 2.08. The summed E-state index contributed by atoms with van der Waals surface area (Å²) in [5.41, 5.74) is 0. The van der Waals surface area contributed by atoms with E-state index in [1.807, 2.05) is 12.2 Å². The van der Waals surface area contributed by atoms with Gasteiger partial charge < -0.3 is 3.07 Å². The summed E-state index contributed by atoms with van der Waals surface area (Å²) >= 11 is 1.62. The molecule has 1 aliphatic rings. The highest BCUT2D eigenvalue weighted by Gasteiger charge is 2.17. The molecule has 0 saturated heterocycles. The molecule has 1 aliphatic heterocycles. The van der Waals surface area contributed by atoms with Crippen molar-refractivity contribution < 1.29 is 7.86 Å². The van der Waals surface area contributed by atoms with E-state index in [1.165, 1.54) is 0 Å². The first-order chi connectivity index (χ1) is 4.84. The van der Waals surface area contributed by atoms with Crippen LogP contribution >= 0.6 is 23.0 Å². The lowest BCUT2D eigenvalue weighted by atomic mass is 9.63. The molecular formula is C6H7BIO2. The zero-order chi connectivity index (χ0) is 7.40. The lowest BCUT2D eigenvalue weighted by molar-refractivity contribution is -0.133. The molecule has 0 aromatic rings. The standard InChI is InChI=1S/C6H7BIO2/c8-10-6(9)5-2-1-3-7-4-5/h1-2,5H,3-4H2. The average Bonchev–Trinajstić information content (AvgIpc) is 2.05. The second-order valence-corrected chi connectivity index (χ2v) is 2.63. The Morgan fingerprint density at radius 1 is 1.80 bits per heavy atom. The molecule has 0 N–H and O–H groups in total. The second-order valence-electron chi connectivity index (χ2n) is 2.19. The molecule has 0 saturated carbocycles. The molecule has 0 amide bonds. The van der Waals surface area contributed by atoms with Crippen LogP contribution in [0.15, 0.2) is 12.2 Å². The molecule has 1 unspecified atom stereocenters. The van der Waals surface area contributed by atoms with Crippen molar-refractivity contribution >= 4 is 36.3 Å². The molecule has 1 atom stereocenters. The molecule has 0 fully saturated rings. The van der Waals surface area contributed by atoms with Crippen LogP contribution in [0.3, 0.4) is 0 Å². The molecule has 1 heterocycles. The maximum absolute atomic E-state index is 10.9. The molecule has 2 nitrogen and oxygen atoms in total. The van der Waals surface area contributed by atoms with Crippen molar-refractivity contribution in [1.29, 1.82) is 0 Å². The summed E-state index contributed by atoms with van der Waals surface area (Å²) in [6.07, 6.45) is 5.69. The van der Waals surface area contributed by atoms with Gasteiger partial charge >= 0.3 is 5.97 Å². The predicted octanol–water partition coefficient (Wildman–Crippen LogP) is 1.61. The van der Waals surface area contributed by atoms with Gasteiger partial charge in [0.1, 0.15) is 7.28 Å². The maximum atomic E-state index is 10.9. The summed E-state index contributed by atoms with van der Waals surface area (Å²) in [4.78, 5) is 10.9. The van der Waals surface area contributed by atoms with Crippen molar-refractivity contribution in [1.82, 2.24) is 0 Å². The van der Waals surface area contributed by atoms with E-state index in [9.17, 15) is 4.79 Å². The number of hydrogen-bond donors (Lipinski definition) is 0. The van der Waals surface area contributed by atoms with Crippen LogP contribution in [-0.4, -0.2) is 13.2 Å². The summed E-state index contributed by atoms with van der Waals surface area (Å²) in [6, 6.07) is 0. The SMILES string of the molecule is O=C(OI)C1C=CC[B]C1. The van der Waals surface area contributed by atoms with Gasteiger partial charge in [0.25, 0.3) is 0 Å². The Bertz CT molecular complexity index is 158. The molecule has 0 aromatic heterocycles. The first kappa shape index (κ1) is 8.10. The van der Waals surface area contributed by atoms with Crippen LogP contribution in [0.2, 0.25) is 12.6 Å². The van der Waals surface area contributed by atoms with Gasteiger partial charge in [-0.3, -0.25) is 4.79 Å². The molecule has 10 heavy (non-hydrogen) atoms. The lowest BCUT2D eigenvalue weighted by Gasteiger charge is -2.10. The molecule has 0 aliphatic carbocycles. The number of rotatable bonds is 1. The van der Waals surface area contributed by atoms with Gasteiger partial charge in [-0.15, -0.1) is 0 Å². The van der Waals surface area contributed by atoms with Gasteiger partial charge in [0, 0.05) is 0 Å². The smallest absolute Gasteiger partial charge is 0.321 e. The Labute approximate surface area is 74.9 Å². The van der Waals surface area contributed by atoms with Gasteiger partial charge in [0.05, 0.1) is 5.92 Å². The fourth-order valence-corrected chi connectivity index (χ4v) is 1.25. The third kappa shape index (κ3) is 2.00. The average molecular weight is 249 g/mol. The van der Waals surface area contributed by atoms with Crippen LogP contribution in [0.5, 0.6) is 0 Å². The van der Waals surface area contributed by atoms with Crippen LogP contribution in [0.1, 0.15) is 0 Å². The van der Waals surface area contributed by atoms with E-state index in [2.05, 4.69) is 10.3 Å². The topological polar surface area (TPSA) is 26.3 Å². The van der Waals surface area contributed by atoms with E-state index in [0.29, 0.717) is 0 Å². The van der Waals surface area contributed by atoms with E-state index >= 15 is 0 Å². The minimum atomic E-state index is -0.146. The first-order valence-corrected chi connectivity index (χ1v) is 4.03. The second kappa shape index (κ2) is 4.00. The largest absolute Gasteiger partial charge is 0.394 e. The van der Waals surface area contributed by atoms with Gasteiger partial charge in [-0.25, -0.2) is 0 Å². The highest BCUT2D eigenvalue weighted by molar-refractivity contribution is 14.1. The highest BCUT2D eigenvalue weighted by Crippen LogP contribution is 2.15. The van der Waals surface area contributed by atoms with E-state index in [0.717, 1.165) is 12.6 Å². The van der Waals surface area contributed by atoms with Gasteiger partial charge in [-0.05, 0) is 0 Å². The maximum Gasteiger partial charge on any atom is 0.321 e. The van der Waals surface area contributed by atoms with Gasteiger partial charge in [0.2, 0.25) is 0 Å². The summed E-state index contributed by atoms with van der Waals surface area (Å²) in [5.74, 6) is -0.182. The van der Waals surface area contributed by atoms with Crippen LogP contribution in [0, 0.1) is 5.92 Å². The molecule has 0 aromatic carbocycles. The molecule has 0 spiro atoms. The van der Waals surface area contributed by atoms with Crippen LogP contribution in [0.25, 0.3) is 0 Å². The number of hydrogen-bond acceptors (Lipinski definition) is 2. The van der Waals surface area contributed by atoms with Crippen molar-refractivity contribution in [2.75, 3.05) is 0 Å². The Morgan fingerprint density at radius 3 is 3.10 bits per heavy atom. The summed E-state index contributed by atoms with van der Waals surface area (Å²) in [5, 5.41) is 0. The summed E-state index contributed by atoms with van der Waals surface area (Å²) < 4.78 is 4.55. The molecule has 0 bridgehead atoms. The fraction of sp³-hybridized carbons (Fsp3) is 0.500. The van der Waals surface area contributed by atoms with E-state index in [1.54, 1.807) is 23.0 Å². The van der Waals surface area contributed by atoms with Crippen molar-refractivity contribution in [3.05, 3.63) is 12.2 Å². The van der Waals surface area contributed by atoms with Crippen molar-refractivity contribution in [3.8, 4) is 0 Å². The van der Waals surface area contributed by atoms with Gasteiger partial charge in [-0.1, -0.05) is 24.8 Å². The van der Waals surface area contributed by atoms with Crippen LogP contribution in [-0.2, 0) is 7.86 Å². The zero-order valence-corrected chi connectivity index (χ0v) is 7.58. The molecule has 53 valence electrons. The molecule has 1 radical (unpaired) electrons. The zero-order valence-electron chi connectivity index (χ0n) is 5.42. The number of halogens is 1. The Balaban J connectivity index is 2.46. The van der Waals surface area contributed by atoms with E-state index in [-0.39, 0.29) is 11.9 Å². The van der Waals surface area contributed by atoms with Crippen molar-refractivity contribution in [3.63, 3.8) is 0 Å². The van der Waals surface area contributed by atoms with E-state index < -0.39 is 0 Å². The molecular weight excluding hydrogens is 242 g/mol. The number of carbonyl (C=O) groups excluding carboxylic acids is 1. The van der Waals surface area contributed by atoms with Crippen molar-refractivity contribution in [2.24, 2.45) is 5.92 Å². The Kier molecular flexibility index (Phi) is 3.25. The van der Waals surface area contributed by atoms with Gasteiger partial charge in [-0.2, -0.15) is 0 Å². The van der Waals surface area contributed by atoms with Crippen molar-refractivity contribution in [2.45, 2.75) is 12.6 Å². The Hall–Kier alpha value is 0.00494. The minimum absolute atomic E-state index is 0.0364. The first-order valence-electron chi connectivity index (χ1n) is 3.15. The third-order valence-electron chi connectivity index (χ3n) is 1.47. The Morgan fingerprint density at radius 2 is 2.60 bits per heavy atom. The molecule has 1 rings (SSSR count). The van der Waals surface area contributed by atoms with Gasteiger partial charge in [0.15, 0.2) is 23.0 Å². The van der Waals surface area contributed by atoms with Crippen LogP contribution < -0.4 is 0 Å². The third-order valence-corrected chi connectivity index (χ3v) is 1.90. The monoisotopic (exact) mass is 249 g/mol. The number of carbonyl (C=O) groups is 1. The minimum Gasteiger partial charge on any atom is -0.394 e. The highest BCUT2D eigenvalue weighted by atomic mass is 127. The predicted molar refractivity (Wildman–Crippen MR) is 48.1 cm³/mol. The van der Waals surface area contributed by atoms with E-state index in [4.69, 9.17) is 0 Å². The number of allylic oxidation sites excluding steroid dienone is 1. The quantitative estimate of drug-likeness (QED) is 0.400. The van der Waals surface area contributed by atoms with Crippen LogP contribution in [0.4, 0.5) is 0 Å².